The van der Waals surface area contributed by atoms with Crippen LogP contribution in [0.1, 0.15) is 6.42 Å². The highest BCUT2D eigenvalue weighted by atomic mass is 16.5. The Balaban J connectivity index is 2.02. The lowest BCUT2D eigenvalue weighted by Gasteiger charge is -2.13. The van der Waals surface area contributed by atoms with Gasteiger partial charge in [-0.05, 0) is 18.6 Å². The van der Waals surface area contributed by atoms with Crippen LogP contribution < -0.4 is 10.6 Å². The third kappa shape index (κ3) is 3.16. The molecule has 0 radical (unpaired) electrons. The number of hydrogen-bond donors (Lipinski definition) is 1. The number of ether oxygens (including phenoxy) is 1. The van der Waals surface area contributed by atoms with Crippen LogP contribution in [0.5, 0.6) is 0 Å². The molecule has 0 amide bonds. The van der Waals surface area contributed by atoms with Gasteiger partial charge in [-0.3, -0.25) is 9.55 Å². The van der Waals surface area contributed by atoms with Crippen molar-refractivity contribution in [2.24, 2.45) is 0 Å². The number of H-pyrrole nitrogens is 1. The first-order valence-corrected chi connectivity index (χ1v) is 7.82. The largest absolute Gasteiger partial charge is 0.385 e. The minimum absolute atomic E-state index is 0.194. The van der Waals surface area contributed by atoms with Crippen LogP contribution >= 0.6 is 0 Å². The van der Waals surface area contributed by atoms with E-state index in [0.717, 1.165) is 23.4 Å². The summed E-state index contributed by atoms with van der Waals surface area (Å²) in [4.78, 5) is 25.9. The Morgan fingerprint density at radius 3 is 2.92 bits per heavy atom. The number of aromatic nitrogens is 4. The van der Waals surface area contributed by atoms with Crippen molar-refractivity contribution in [3.63, 3.8) is 0 Å². The molecule has 0 bridgehead atoms. The van der Waals surface area contributed by atoms with Gasteiger partial charge in [0.15, 0.2) is 11.3 Å². The van der Waals surface area contributed by atoms with Gasteiger partial charge in [0, 0.05) is 45.6 Å². The molecule has 2 aromatic heterocycles. The van der Waals surface area contributed by atoms with Crippen LogP contribution in [0.15, 0.2) is 35.3 Å². The zero-order valence-corrected chi connectivity index (χ0v) is 14.1. The zero-order valence-electron chi connectivity index (χ0n) is 14.1. The number of imidazole rings is 1. The standard InChI is InChI=1S/C17H21N5O2/c1-21(2)13-7-4-6-12(10-13)14-11-18-15-16(19-14)22(17(23)20-15)8-5-9-24-3/h4,6-7,10-11H,5,8-9H2,1-3H3,(H,18,20,23). The minimum Gasteiger partial charge on any atom is -0.385 e. The van der Waals surface area contributed by atoms with Crippen LogP contribution in [-0.4, -0.2) is 47.3 Å². The normalized spacial score (nSPS) is 11.1. The average molecular weight is 327 g/mol. The Bertz CT molecular complexity index is 897. The predicted octanol–water partition coefficient (Wildman–Crippen LogP) is 1.89. The lowest BCUT2D eigenvalue weighted by atomic mass is 10.1. The Hall–Kier alpha value is -2.67. The SMILES string of the molecule is COCCCn1c(=O)[nH]c2ncc(-c3cccc(N(C)C)c3)nc21. The van der Waals surface area contributed by atoms with Crippen molar-refractivity contribution < 1.29 is 4.74 Å². The highest BCUT2D eigenvalue weighted by molar-refractivity contribution is 5.72. The van der Waals surface area contributed by atoms with Crippen LogP contribution in [0.25, 0.3) is 22.6 Å². The maximum absolute atomic E-state index is 12.1. The first-order chi connectivity index (χ1) is 11.6. The number of fused-ring (bicyclic) bond motifs is 1. The van der Waals surface area contributed by atoms with E-state index in [2.05, 4.69) is 21.0 Å². The molecule has 0 spiro atoms. The van der Waals surface area contributed by atoms with Crippen molar-refractivity contribution in [1.82, 2.24) is 19.5 Å². The highest BCUT2D eigenvalue weighted by Gasteiger charge is 2.11. The summed E-state index contributed by atoms with van der Waals surface area (Å²) in [5.74, 6) is 0. The highest BCUT2D eigenvalue weighted by Crippen LogP contribution is 2.22. The van der Waals surface area contributed by atoms with Gasteiger partial charge in [0.25, 0.3) is 0 Å². The quantitative estimate of drug-likeness (QED) is 0.700. The van der Waals surface area contributed by atoms with Gasteiger partial charge in [0.1, 0.15) is 0 Å². The fourth-order valence-corrected chi connectivity index (χ4v) is 2.58. The summed E-state index contributed by atoms with van der Waals surface area (Å²) in [5, 5.41) is 0. The summed E-state index contributed by atoms with van der Waals surface area (Å²) in [5.41, 5.74) is 3.67. The summed E-state index contributed by atoms with van der Waals surface area (Å²) < 4.78 is 6.67. The lowest BCUT2D eigenvalue weighted by Crippen LogP contribution is -2.18. The molecular formula is C17H21N5O2. The molecule has 3 rings (SSSR count). The van der Waals surface area contributed by atoms with Crippen molar-refractivity contribution in [2.45, 2.75) is 13.0 Å². The molecule has 2 heterocycles. The van der Waals surface area contributed by atoms with E-state index in [1.54, 1.807) is 17.9 Å². The second kappa shape index (κ2) is 6.84. The van der Waals surface area contributed by atoms with Crippen LogP contribution in [-0.2, 0) is 11.3 Å². The molecule has 0 fully saturated rings. The molecule has 3 aromatic rings. The number of nitrogens with zero attached hydrogens (tertiary/aromatic N) is 4. The van der Waals surface area contributed by atoms with E-state index in [9.17, 15) is 4.79 Å². The van der Waals surface area contributed by atoms with E-state index in [1.165, 1.54) is 0 Å². The third-order valence-corrected chi connectivity index (χ3v) is 3.87. The molecule has 7 nitrogen and oxygen atoms in total. The van der Waals surface area contributed by atoms with Gasteiger partial charge < -0.3 is 9.64 Å². The second-order valence-electron chi connectivity index (χ2n) is 5.80. The Morgan fingerprint density at radius 1 is 1.33 bits per heavy atom. The molecule has 0 aliphatic heterocycles. The number of aromatic amines is 1. The topological polar surface area (TPSA) is 76.0 Å². The van der Waals surface area contributed by atoms with Gasteiger partial charge in [0.05, 0.1) is 11.9 Å². The van der Waals surface area contributed by atoms with Gasteiger partial charge >= 0.3 is 5.69 Å². The average Bonchev–Trinajstić information content (AvgIpc) is 2.90. The number of anilines is 1. The van der Waals surface area contributed by atoms with Gasteiger partial charge in [-0.2, -0.15) is 0 Å². The molecule has 24 heavy (non-hydrogen) atoms. The Kier molecular flexibility index (Phi) is 4.61. The van der Waals surface area contributed by atoms with E-state index >= 15 is 0 Å². The molecule has 1 aromatic carbocycles. The predicted molar refractivity (Wildman–Crippen MR) is 94.4 cm³/mol. The van der Waals surface area contributed by atoms with Gasteiger partial charge in [0.2, 0.25) is 0 Å². The molecule has 0 atom stereocenters. The van der Waals surface area contributed by atoms with Gasteiger partial charge in [-0.15, -0.1) is 0 Å². The van der Waals surface area contributed by atoms with Crippen molar-refractivity contribution in [3.05, 3.63) is 40.9 Å². The smallest absolute Gasteiger partial charge is 0.328 e. The molecule has 1 N–H and O–H groups in total. The van der Waals surface area contributed by atoms with Crippen molar-refractivity contribution in [2.75, 3.05) is 32.7 Å². The first-order valence-electron chi connectivity index (χ1n) is 7.82. The van der Waals surface area contributed by atoms with Crippen LogP contribution in [0, 0.1) is 0 Å². The van der Waals surface area contributed by atoms with E-state index in [0.29, 0.717) is 24.4 Å². The molecule has 0 saturated heterocycles. The number of methoxy groups -OCH3 is 1. The number of nitrogens with one attached hydrogen (secondary N) is 1. The maximum Gasteiger partial charge on any atom is 0.328 e. The zero-order chi connectivity index (χ0) is 17.1. The van der Waals surface area contributed by atoms with Gasteiger partial charge in [-0.25, -0.2) is 14.8 Å². The number of aryl methyl sites for hydroxylation is 1. The van der Waals surface area contributed by atoms with E-state index < -0.39 is 0 Å². The van der Waals surface area contributed by atoms with Crippen LogP contribution in [0.3, 0.4) is 0 Å². The Morgan fingerprint density at radius 2 is 2.17 bits per heavy atom. The number of hydrogen-bond acceptors (Lipinski definition) is 5. The molecular weight excluding hydrogens is 306 g/mol. The first kappa shape index (κ1) is 16.2. The molecule has 0 aliphatic carbocycles. The summed E-state index contributed by atoms with van der Waals surface area (Å²) in [6, 6.07) is 8.06. The monoisotopic (exact) mass is 327 g/mol. The van der Waals surface area contributed by atoms with Gasteiger partial charge in [-0.1, -0.05) is 12.1 Å². The molecule has 0 aliphatic rings. The van der Waals surface area contributed by atoms with Crippen molar-refractivity contribution in [1.29, 1.82) is 0 Å². The summed E-state index contributed by atoms with van der Waals surface area (Å²) in [6.45, 7) is 1.14. The van der Waals surface area contributed by atoms with E-state index in [1.807, 2.05) is 37.2 Å². The van der Waals surface area contributed by atoms with E-state index in [-0.39, 0.29) is 5.69 Å². The maximum atomic E-state index is 12.1. The molecule has 126 valence electrons. The Labute approximate surface area is 139 Å². The fraction of sp³-hybridized carbons (Fsp3) is 0.353. The molecule has 0 saturated carbocycles. The summed E-state index contributed by atoms with van der Waals surface area (Å²) >= 11 is 0. The summed E-state index contributed by atoms with van der Waals surface area (Å²) in [6.07, 6.45) is 2.43. The van der Waals surface area contributed by atoms with E-state index in [4.69, 9.17) is 4.74 Å². The molecule has 0 unspecified atom stereocenters. The number of benzene rings is 1. The van der Waals surface area contributed by atoms with Crippen molar-refractivity contribution >= 4 is 17.0 Å². The van der Waals surface area contributed by atoms with Crippen LogP contribution in [0.2, 0.25) is 0 Å². The van der Waals surface area contributed by atoms with Crippen LogP contribution in [0.4, 0.5) is 5.69 Å². The summed E-state index contributed by atoms with van der Waals surface area (Å²) in [7, 11) is 5.63. The minimum atomic E-state index is -0.194. The number of rotatable bonds is 6. The fourth-order valence-electron chi connectivity index (χ4n) is 2.58. The molecule has 7 heteroatoms. The second-order valence-corrected chi connectivity index (χ2v) is 5.80. The third-order valence-electron chi connectivity index (χ3n) is 3.87. The van der Waals surface area contributed by atoms with Crippen molar-refractivity contribution in [3.8, 4) is 11.3 Å². The lowest BCUT2D eigenvalue weighted by molar-refractivity contribution is 0.190.